The standard InChI is InChI=1S/C12H18BrN3/c1-15(8-9-16-6-2-3-7-16)12-4-5-14-10-11(12)13/h4-5,10H,2-3,6-9H2,1H3. The molecule has 0 unspecified atom stereocenters. The minimum Gasteiger partial charge on any atom is -0.372 e. The van der Waals surface area contributed by atoms with E-state index >= 15 is 0 Å². The van der Waals surface area contributed by atoms with E-state index in [-0.39, 0.29) is 0 Å². The third-order valence-electron chi connectivity index (χ3n) is 3.11. The third kappa shape index (κ3) is 2.95. The van der Waals surface area contributed by atoms with Gasteiger partial charge in [-0.1, -0.05) is 0 Å². The quantitative estimate of drug-likeness (QED) is 0.846. The highest BCUT2D eigenvalue weighted by molar-refractivity contribution is 9.10. The molecule has 0 saturated carbocycles. The number of anilines is 1. The molecule has 0 amide bonds. The van der Waals surface area contributed by atoms with E-state index in [4.69, 9.17) is 0 Å². The summed E-state index contributed by atoms with van der Waals surface area (Å²) in [6, 6.07) is 2.05. The Morgan fingerprint density at radius 2 is 2.19 bits per heavy atom. The molecule has 1 fully saturated rings. The summed E-state index contributed by atoms with van der Waals surface area (Å²) in [6.07, 6.45) is 6.42. The normalized spacial score (nSPS) is 16.6. The third-order valence-corrected chi connectivity index (χ3v) is 3.72. The van der Waals surface area contributed by atoms with Crippen LogP contribution in [-0.4, -0.2) is 43.1 Å². The summed E-state index contributed by atoms with van der Waals surface area (Å²) < 4.78 is 1.07. The van der Waals surface area contributed by atoms with Crippen molar-refractivity contribution in [1.82, 2.24) is 9.88 Å². The largest absolute Gasteiger partial charge is 0.372 e. The average Bonchev–Trinajstić information content (AvgIpc) is 2.79. The van der Waals surface area contributed by atoms with E-state index in [0.717, 1.165) is 17.6 Å². The van der Waals surface area contributed by atoms with E-state index in [1.54, 1.807) is 0 Å². The number of nitrogens with zero attached hydrogens (tertiary/aromatic N) is 3. The van der Waals surface area contributed by atoms with Crippen LogP contribution in [0.4, 0.5) is 5.69 Å². The van der Waals surface area contributed by atoms with Crippen LogP contribution in [0.2, 0.25) is 0 Å². The zero-order chi connectivity index (χ0) is 11.4. The van der Waals surface area contributed by atoms with E-state index in [0.29, 0.717) is 0 Å². The van der Waals surface area contributed by atoms with Gasteiger partial charge in [0.1, 0.15) is 0 Å². The molecule has 1 saturated heterocycles. The highest BCUT2D eigenvalue weighted by Crippen LogP contribution is 2.23. The van der Waals surface area contributed by atoms with E-state index in [1.807, 2.05) is 18.5 Å². The van der Waals surface area contributed by atoms with Gasteiger partial charge in [0.2, 0.25) is 0 Å². The zero-order valence-corrected chi connectivity index (χ0v) is 11.3. The number of hydrogen-bond acceptors (Lipinski definition) is 3. The fraction of sp³-hybridized carbons (Fsp3) is 0.583. The summed E-state index contributed by atoms with van der Waals surface area (Å²) in [5.41, 5.74) is 1.22. The molecule has 3 nitrogen and oxygen atoms in total. The molecule has 0 N–H and O–H groups in total. The molecule has 1 aliphatic heterocycles. The second kappa shape index (κ2) is 5.64. The number of likely N-dealkylation sites (tertiary alicyclic amines) is 1. The van der Waals surface area contributed by atoms with Gasteiger partial charge in [0.05, 0.1) is 10.2 Å². The van der Waals surface area contributed by atoms with Gasteiger partial charge in [-0.25, -0.2) is 0 Å². The molecule has 1 aliphatic rings. The van der Waals surface area contributed by atoms with Gasteiger partial charge < -0.3 is 9.80 Å². The van der Waals surface area contributed by atoms with Gasteiger partial charge in [-0.05, 0) is 47.9 Å². The smallest absolute Gasteiger partial charge is 0.0592 e. The molecule has 16 heavy (non-hydrogen) atoms. The molecule has 0 atom stereocenters. The monoisotopic (exact) mass is 283 g/mol. The topological polar surface area (TPSA) is 19.4 Å². The zero-order valence-electron chi connectivity index (χ0n) is 9.69. The number of pyridine rings is 1. The van der Waals surface area contributed by atoms with Crippen LogP contribution in [0.5, 0.6) is 0 Å². The highest BCUT2D eigenvalue weighted by Gasteiger charge is 2.12. The van der Waals surface area contributed by atoms with E-state index in [9.17, 15) is 0 Å². The first kappa shape index (κ1) is 11.9. The predicted molar refractivity (Wildman–Crippen MR) is 70.9 cm³/mol. The summed E-state index contributed by atoms with van der Waals surface area (Å²) in [7, 11) is 2.14. The molecule has 88 valence electrons. The predicted octanol–water partition coefficient (Wildman–Crippen LogP) is 2.38. The number of halogens is 1. The molecule has 0 aliphatic carbocycles. The van der Waals surface area contributed by atoms with Gasteiger partial charge in [0.15, 0.2) is 0 Å². The summed E-state index contributed by atoms with van der Waals surface area (Å²) in [5, 5.41) is 0. The van der Waals surface area contributed by atoms with Crippen molar-refractivity contribution in [2.24, 2.45) is 0 Å². The Kier molecular flexibility index (Phi) is 4.18. The second-order valence-corrected chi connectivity index (χ2v) is 5.15. The van der Waals surface area contributed by atoms with Crippen LogP contribution in [0, 0.1) is 0 Å². The Bertz CT molecular complexity index is 337. The molecule has 1 aromatic rings. The first-order valence-electron chi connectivity index (χ1n) is 5.80. The van der Waals surface area contributed by atoms with Crippen LogP contribution in [0.3, 0.4) is 0 Å². The highest BCUT2D eigenvalue weighted by atomic mass is 79.9. The lowest BCUT2D eigenvalue weighted by atomic mass is 10.3. The number of likely N-dealkylation sites (N-methyl/N-ethyl adjacent to an activating group) is 1. The van der Waals surface area contributed by atoms with Crippen molar-refractivity contribution in [3.05, 3.63) is 22.9 Å². The molecular weight excluding hydrogens is 266 g/mol. The number of rotatable bonds is 4. The van der Waals surface area contributed by atoms with Crippen LogP contribution >= 0.6 is 15.9 Å². The van der Waals surface area contributed by atoms with Gasteiger partial charge >= 0.3 is 0 Å². The van der Waals surface area contributed by atoms with Crippen molar-refractivity contribution in [3.63, 3.8) is 0 Å². The van der Waals surface area contributed by atoms with Gasteiger partial charge in [0.25, 0.3) is 0 Å². The molecule has 0 radical (unpaired) electrons. The maximum atomic E-state index is 4.08. The van der Waals surface area contributed by atoms with Crippen LogP contribution in [0.1, 0.15) is 12.8 Å². The maximum absolute atomic E-state index is 4.08. The summed E-state index contributed by atoms with van der Waals surface area (Å²) in [4.78, 5) is 8.90. The van der Waals surface area contributed by atoms with Gasteiger partial charge in [-0.3, -0.25) is 4.98 Å². The Balaban J connectivity index is 1.87. The first-order chi connectivity index (χ1) is 7.77. The Morgan fingerprint density at radius 1 is 1.44 bits per heavy atom. The van der Waals surface area contributed by atoms with Crippen molar-refractivity contribution < 1.29 is 0 Å². The van der Waals surface area contributed by atoms with Crippen molar-refractivity contribution in [2.75, 3.05) is 38.1 Å². The van der Waals surface area contributed by atoms with E-state index in [2.05, 4.69) is 37.8 Å². The van der Waals surface area contributed by atoms with Gasteiger partial charge in [0, 0.05) is 32.5 Å². The average molecular weight is 284 g/mol. The lowest BCUT2D eigenvalue weighted by molar-refractivity contribution is 0.346. The van der Waals surface area contributed by atoms with Crippen LogP contribution in [0.15, 0.2) is 22.9 Å². The van der Waals surface area contributed by atoms with Crippen LogP contribution in [0.25, 0.3) is 0 Å². The Hall–Kier alpha value is -0.610. The molecule has 0 bridgehead atoms. The SMILES string of the molecule is CN(CCN1CCCC1)c1ccncc1Br. The second-order valence-electron chi connectivity index (χ2n) is 4.30. The number of aromatic nitrogens is 1. The Morgan fingerprint density at radius 3 is 2.88 bits per heavy atom. The van der Waals surface area contributed by atoms with Crippen molar-refractivity contribution >= 4 is 21.6 Å². The maximum Gasteiger partial charge on any atom is 0.0592 e. The lowest BCUT2D eigenvalue weighted by Gasteiger charge is -2.23. The lowest BCUT2D eigenvalue weighted by Crippen LogP contribution is -2.31. The van der Waals surface area contributed by atoms with Gasteiger partial charge in [-0.2, -0.15) is 0 Å². The minimum atomic E-state index is 1.07. The first-order valence-corrected chi connectivity index (χ1v) is 6.59. The summed E-state index contributed by atoms with van der Waals surface area (Å²) >= 11 is 3.53. The van der Waals surface area contributed by atoms with Crippen molar-refractivity contribution in [3.8, 4) is 0 Å². The molecule has 0 aromatic carbocycles. The summed E-state index contributed by atoms with van der Waals surface area (Å²) in [6.45, 7) is 4.77. The van der Waals surface area contributed by atoms with Crippen molar-refractivity contribution in [1.29, 1.82) is 0 Å². The Labute approximate surface area is 106 Å². The van der Waals surface area contributed by atoms with Crippen LogP contribution in [-0.2, 0) is 0 Å². The summed E-state index contributed by atoms with van der Waals surface area (Å²) in [5.74, 6) is 0. The fourth-order valence-corrected chi connectivity index (χ4v) is 2.65. The van der Waals surface area contributed by atoms with Crippen molar-refractivity contribution in [2.45, 2.75) is 12.8 Å². The van der Waals surface area contributed by atoms with Crippen LogP contribution < -0.4 is 4.90 Å². The van der Waals surface area contributed by atoms with E-state index < -0.39 is 0 Å². The molecule has 4 heteroatoms. The fourth-order valence-electron chi connectivity index (χ4n) is 2.10. The molecular formula is C12H18BrN3. The van der Waals surface area contributed by atoms with Gasteiger partial charge in [-0.15, -0.1) is 0 Å². The van der Waals surface area contributed by atoms with E-state index in [1.165, 1.54) is 31.6 Å². The molecule has 0 spiro atoms. The number of hydrogen-bond donors (Lipinski definition) is 0. The molecule has 1 aromatic heterocycles. The molecule has 2 rings (SSSR count). The molecule has 2 heterocycles. The minimum absolute atomic E-state index is 1.07.